The van der Waals surface area contributed by atoms with Crippen molar-refractivity contribution in [2.45, 2.75) is 145 Å². The smallest absolute Gasteiger partial charge is 0.0225 e. The Morgan fingerprint density at radius 1 is 0.632 bits per heavy atom. The molecular formula is C38H60. The van der Waals surface area contributed by atoms with Crippen molar-refractivity contribution in [3.8, 4) is 35.5 Å². The lowest BCUT2D eigenvalue weighted by molar-refractivity contribution is 0.408. The molecule has 0 aliphatic heterocycles. The average molecular weight is 517 g/mol. The first-order chi connectivity index (χ1) is 18.2. The minimum absolute atomic E-state index is 0.666. The van der Waals surface area contributed by atoms with Gasteiger partial charge in [-0.3, -0.25) is 0 Å². The molecule has 0 saturated heterocycles. The van der Waals surface area contributed by atoms with Crippen LogP contribution in [-0.4, -0.2) is 0 Å². The van der Waals surface area contributed by atoms with E-state index in [0.717, 1.165) is 79.4 Å². The van der Waals surface area contributed by atoms with Crippen molar-refractivity contribution in [1.82, 2.24) is 0 Å². The van der Waals surface area contributed by atoms with Crippen LogP contribution >= 0.6 is 0 Å². The zero-order valence-corrected chi connectivity index (χ0v) is 26.3. The van der Waals surface area contributed by atoms with E-state index in [1.54, 1.807) is 0 Å². The molecular weight excluding hydrogens is 456 g/mol. The lowest BCUT2D eigenvalue weighted by atomic mass is 9.89. The summed E-state index contributed by atoms with van der Waals surface area (Å²) < 4.78 is 0. The molecule has 0 amide bonds. The Morgan fingerprint density at radius 3 is 1.84 bits per heavy atom. The quantitative estimate of drug-likeness (QED) is 0.319. The van der Waals surface area contributed by atoms with E-state index in [4.69, 9.17) is 0 Å². The van der Waals surface area contributed by atoms with Crippen molar-refractivity contribution in [2.24, 2.45) is 58.7 Å². The minimum atomic E-state index is 0.666. The highest BCUT2D eigenvalue weighted by Crippen LogP contribution is 2.65. The fourth-order valence-corrected chi connectivity index (χ4v) is 7.80. The molecule has 0 aromatic rings. The lowest BCUT2D eigenvalue weighted by Crippen LogP contribution is -2.07. The topological polar surface area (TPSA) is 0 Å². The van der Waals surface area contributed by atoms with Crippen LogP contribution in [0, 0.1) is 94.2 Å². The van der Waals surface area contributed by atoms with Crippen LogP contribution in [0.4, 0.5) is 0 Å². The van der Waals surface area contributed by atoms with E-state index in [1.807, 2.05) is 0 Å². The Kier molecular flexibility index (Phi) is 12.7. The third kappa shape index (κ3) is 9.70. The molecule has 0 nitrogen and oxygen atoms in total. The van der Waals surface area contributed by atoms with Gasteiger partial charge < -0.3 is 0 Å². The Labute approximate surface area is 238 Å². The highest BCUT2D eigenvalue weighted by Gasteiger charge is 2.58. The van der Waals surface area contributed by atoms with Crippen molar-refractivity contribution >= 4 is 0 Å². The summed E-state index contributed by atoms with van der Waals surface area (Å²) in [5, 5.41) is 0. The van der Waals surface area contributed by atoms with Gasteiger partial charge in [0.05, 0.1) is 0 Å². The summed E-state index contributed by atoms with van der Waals surface area (Å²) in [5.74, 6) is 28.1. The minimum Gasteiger partial charge on any atom is -0.103 e. The van der Waals surface area contributed by atoms with Crippen LogP contribution in [0.25, 0.3) is 0 Å². The van der Waals surface area contributed by atoms with Gasteiger partial charge in [0.15, 0.2) is 0 Å². The number of rotatable bonds is 5. The molecule has 0 spiro atoms. The molecule has 212 valence electrons. The zero-order chi connectivity index (χ0) is 27.5. The third-order valence-corrected chi connectivity index (χ3v) is 10.3. The molecule has 5 rings (SSSR count). The summed E-state index contributed by atoms with van der Waals surface area (Å²) in [7, 11) is 0. The molecule has 0 radical (unpaired) electrons. The maximum Gasteiger partial charge on any atom is 0.0225 e. The predicted molar refractivity (Wildman–Crippen MR) is 166 cm³/mol. The van der Waals surface area contributed by atoms with Crippen LogP contribution in [0.2, 0.25) is 0 Å². The highest BCUT2D eigenvalue weighted by molar-refractivity contribution is 5.13. The van der Waals surface area contributed by atoms with Crippen molar-refractivity contribution in [1.29, 1.82) is 0 Å². The van der Waals surface area contributed by atoms with Gasteiger partial charge in [-0.15, -0.1) is 29.6 Å². The highest BCUT2D eigenvalue weighted by atomic mass is 14.6. The van der Waals surface area contributed by atoms with Crippen LogP contribution in [0.5, 0.6) is 0 Å². The van der Waals surface area contributed by atoms with Crippen molar-refractivity contribution in [3.63, 3.8) is 0 Å². The van der Waals surface area contributed by atoms with E-state index in [1.165, 1.54) is 64.2 Å². The first-order valence-electron chi connectivity index (χ1n) is 16.6. The second-order valence-electron chi connectivity index (χ2n) is 14.6. The molecule has 5 aliphatic rings. The molecule has 0 aromatic carbocycles. The zero-order valence-electron chi connectivity index (χ0n) is 26.3. The van der Waals surface area contributed by atoms with Gasteiger partial charge in [0.2, 0.25) is 0 Å². The molecule has 0 heteroatoms. The largest absolute Gasteiger partial charge is 0.103 e. The summed E-state index contributed by atoms with van der Waals surface area (Å²) in [4.78, 5) is 0. The molecule has 2 saturated carbocycles. The van der Waals surface area contributed by atoms with E-state index >= 15 is 0 Å². The van der Waals surface area contributed by atoms with Crippen LogP contribution in [-0.2, 0) is 0 Å². The first-order valence-corrected chi connectivity index (χ1v) is 16.6. The van der Waals surface area contributed by atoms with E-state index in [2.05, 4.69) is 84.0 Å². The second-order valence-corrected chi connectivity index (χ2v) is 14.6. The first kappa shape index (κ1) is 31.2. The molecule has 2 fully saturated rings. The Balaban J connectivity index is 0.000000159. The van der Waals surface area contributed by atoms with Crippen LogP contribution in [0.3, 0.4) is 0 Å². The summed E-state index contributed by atoms with van der Waals surface area (Å²) in [6.07, 6.45) is 19.5. The molecule has 38 heavy (non-hydrogen) atoms. The summed E-state index contributed by atoms with van der Waals surface area (Å²) >= 11 is 0. The Bertz CT molecular complexity index is 868. The second kappa shape index (κ2) is 15.5. The van der Waals surface area contributed by atoms with Gasteiger partial charge in [-0.05, 0) is 104 Å². The van der Waals surface area contributed by atoms with E-state index in [9.17, 15) is 0 Å². The normalized spacial score (nSPS) is 34.9. The molecule has 0 aromatic heterocycles. The van der Waals surface area contributed by atoms with Crippen LogP contribution in [0.1, 0.15) is 145 Å². The fourth-order valence-electron chi connectivity index (χ4n) is 7.80. The van der Waals surface area contributed by atoms with Crippen molar-refractivity contribution < 1.29 is 0 Å². The average Bonchev–Trinajstić information content (AvgIpc) is 3.59. The van der Waals surface area contributed by atoms with Crippen LogP contribution in [0.15, 0.2) is 0 Å². The molecule has 5 aliphatic carbocycles. The van der Waals surface area contributed by atoms with E-state index in [0.29, 0.717) is 11.3 Å². The Hall–Kier alpha value is -1.32. The lowest BCUT2D eigenvalue weighted by Gasteiger charge is -2.15. The van der Waals surface area contributed by atoms with Crippen molar-refractivity contribution in [2.75, 3.05) is 0 Å². The number of fused-ring (bicyclic) bond motifs is 2. The molecule has 0 N–H and O–H groups in total. The number of hydrogen-bond acceptors (Lipinski definition) is 0. The van der Waals surface area contributed by atoms with Gasteiger partial charge in [0.1, 0.15) is 0 Å². The summed E-state index contributed by atoms with van der Waals surface area (Å²) in [6, 6.07) is 0. The Morgan fingerprint density at radius 2 is 1.24 bits per heavy atom. The molecule has 0 heterocycles. The van der Waals surface area contributed by atoms with Crippen molar-refractivity contribution in [3.05, 3.63) is 0 Å². The monoisotopic (exact) mass is 516 g/mol. The molecule has 2 unspecified atom stereocenters. The molecule has 7 atom stereocenters. The number of hydrogen-bond donors (Lipinski definition) is 0. The van der Waals surface area contributed by atoms with Gasteiger partial charge >= 0.3 is 0 Å². The SMILES string of the molecule is CC(C)C1C#CCCCCC1.CC(C)CC1[C@H]2CCC#CCC[C@@H]12.CC(C)C[C@@H]1[C@@H]2CCC#CCC[C@]12C. The van der Waals surface area contributed by atoms with Gasteiger partial charge in [-0.2, -0.15) is 0 Å². The van der Waals surface area contributed by atoms with Gasteiger partial charge in [0, 0.05) is 38.0 Å². The van der Waals surface area contributed by atoms with Crippen LogP contribution < -0.4 is 0 Å². The maximum absolute atomic E-state index is 3.37. The van der Waals surface area contributed by atoms with E-state index in [-0.39, 0.29) is 0 Å². The van der Waals surface area contributed by atoms with Gasteiger partial charge in [0.25, 0.3) is 0 Å². The summed E-state index contributed by atoms with van der Waals surface area (Å²) in [5.41, 5.74) is 0.666. The third-order valence-electron chi connectivity index (χ3n) is 10.3. The standard InChI is InChI=1S/C14H22.C13H20.C11H18/c1-11(2)10-13-12-8-6-4-5-7-9-14(12,13)3;1-10(2)9-13-11-7-5-3-4-6-8-12(11)13;1-10(2)11-8-6-4-3-5-7-9-11/h11-13H,6-10H2,1-3H3;10-13H,5-9H2,1-2H3;10-11H,3-6,8H2,1-2H3/t12-,13+,14-;11-,12+,13?;/m0../s1. The van der Waals surface area contributed by atoms with Gasteiger partial charge in [-0.1, -0.05) is 67.2 Å². The fraction of sp³-hybridized carbons (Fsp3) is 0.842. The summed E-state index contributed by atoms with van der Waals surface area (Å²) in [6.45, 7) is 16.5. The predicted octanol–water partition coefficient (Wildman–Crippen LogP) is 10.6. The molecule has 0 bridgehead atoms. The van der Waals surface area contributed by atoms with Gasteiger partial charge in [-0.25, -0.2) is 0 Å². The van der Waals surface area contributed by atoms with E-state index < -0.39 is 0 Å². The maximum atomic E-state index is 3.37.